The van der Waals surface area contributed by atoms with Crippen LogP contribution in [0.1, 0.15) is 18.1 Å². The fraction of sp³-hybridized carbons (Fsp3) is 0.227. The van der Waals surface area contributed by atoms with Crippen molar-refractivity contribution in [2.45, 2.75) is 20.5 Å². The van der Waals surface area contributed by atoms with Gasteiger partial charge in [-0.1, -0.05) is 30.3 Å². The molecule has 0 aliphatic rings. The number of aromatic nitrogens is 1. The van der Waals surface area contributed by atoms with Gasteiger partial charge in [-0.15, -0.1) is 10.8 Å². The van der Waals surface area contributed by atoms with Gasteiger partial charge in [-0.2, -0.15) is 0 Å². The molecule has 0 fully saturated rings. The second kappa shape index (κ2) is 8.73. The van der Waals surface area contributed by atoms with Gasteiger partial charge >= 0.3 is 0 Å². The van der Waals surface area contributed by atoms with E-state index >= 15 is 0 Å². The van der Waals surface area contributed by atoms with Crippen molar-refractivity contribution in [3.63, 3.8) is 0 Å². The highest BCUT2D eigenvalue weighted by molar-refractivity contribution is 8.25. The summed E-state index contributed by atoms with van der Waals surface area (Å²) in [6, 6.07) is 17.1. The highest BCUT2D eigenvalue weighted by Gasteiger charge is 2.12. The first-order valence-corrected chi connectivity index (χ1v) is 11.0. The molecule has 1 aromatic heterocycles. The zero-order chi connectivity index (χ0) is 21.0. The molecule has 0 bridgehead atoms. The van der Waals surface area contributed by atoms with E-state index in [0.717, 1.165) is 16.7 Å². The number of ether oxygens (including phenoxy) is 1. The highest BCUT2D eigenvalue weighted by Crippen LogP contribution is 2.40. The van der Waals surface area contributed by atoms with E-state index in [1.54, 1.807) is 33.2 Å². The minimum absolute atomic E-state index is 0.0521. The Bertz CT molecular complexity index is 1020. The third kappa shape index (κ3) is 5.41. The summed E-state index contributed by atoms with van der Waals surface area (Å²) in [4.78, 5) is 12.0. The van der Waals surface area contributed by atoms with Gasteiger partial charge in [0.05, 0.1) is 11.4 Å². The fourth-order valence-electron chi connectivity index (χ4n) is 2.95. The summed E-state index contributed by atoms with van der Waals surface area (Å²) in [5.41, 5.74) is 3.80. The number of anilines is 1. The number of hydrogen-bond donors (Lipinski definition) is 3. The van der Waals surface area contributed by atoms with Crippen molar-refractivity contribution >= 4 is 16.5 Å². The Labute approximate surface area is 172 Å². The van der Waals surface area contributed by atoms with Crippen molar-refractivity contribution in [2.75, 3.05) is 10.5 Å². The van der Waals surface area contributed by atoms with Crippen LogP contribution in [0.25, 0.3) is 11.1 Å². The Morgan fingerprint density at radius 1 is 1.07 bits per heavy atom. The zero-order valence-electron chi connectivity index (χ0n) is 16.8. The third-order valence-corrected chi connectivity index (χ3v) is 5.90. The van der Waals surface area contributed by atoms with Crippen LogP contribution in [0.5, 0.6) is 5.75 Å². The van der Waals surface area contributed by atoms with E-state index in [1.807, 2.05) is 48.5 Å². The molecule has 2 aromatic carbocycles. The Hall–Kier alpha value is -2.74. The Kier molecular flexibility index (Phi) is 6.32. The lowest BCUT2D eigenvalue weighted by Crippen LogP contribution is -2.18. The zero-order valence-corrected chi connectivity index (χ0v) is 17.6. The molecule has 29 heavy (non-hydrogen) atoms. The van der Waals surface area contributed by atoms with Gasteiger partial charge in [-0.3, -0.25) is 18.6 Å². The predicted octanol–water partition coefficient (Wildman–Crippen LogP) is 5.04. The summed E-state index contributed by atoms with van der Waals surface area (Å²) in [6.45, 7) is 3.86. The number of benzene rings is 2. The molecule has 0 radical (unpaired) electrons. The molecule has 154 valence electrons. The Balaban J connectivity index is 1.99. The van der Waals surface area contributed by atoms with Crippen LogP contribution in [0.2, 0.25) is 0 Å². The van der Waals surface area contributed by atoms with E-state index in [9.17, 15) is 13.9 Å². The Morgan fingerprint density at radius 3 is 2.45 bits per heavy atom. The number of aryl methyl sites for hydroxylation is 2. The number of nitrogens with one attached hydrogen (secondary N) is 1. The highest BCUT2D eigenvalue weighted by atomic mass is 32.3. The molecule has 7 heteroatoms. The molecule has 0 saturated heterocycles. The van der Waals surface area contributed by atoms with Crippen molar-refractivity contribution in [1.29, 1.82) is 0 Å². The van der Waals surface area contributed by atoms with Crippen LogP contribution in [0.4, 0.5) is 5.69 Å². The first-order valence-electron chi connectivity index (χ1n) is 9.30. The molecule has 0 spiro atoms. The van der Waals surface area contributed by atoms with Crippen LogP contribution in [0.3, 0.4) is 0 Å². The number of pyridine rings is 1. The molecule has 3 N–H and O–H groups in total. The average Bonchev–Trinajstić information content (AvgIpc) is 2.70. The summed E-state index contributed by atoms with van der Waals surface area (Å²) in [5.74, 6) is 0.780. The van der Waals surface area contributed by atoms with Gasteiger partial charge in [0.25, 0.3) is 5.56 Å². The van der Waals surface area contributed by atoms with Crippen molar-refractivity contribution in [3.05, 3.63) is 82.3 Å². The van der Waals surface area contributed by atoms with Gasteiger partial charge in [0.15, 0.2) is 0 Å². The van der Waals surface area contributed by atoms with E-state index in [0.29, 0.717) is 23.6 Å². The number of nitrogens with zero attached hydrogens (tertiary/aromatic N) is 1. The normalized spacial score (nSPS) is 11.9. The molecule has 0 aliphatic carbocycles. The van der Waals surface area contributed by atoms with Gasteiger partial charge in [-0.05, 0) is 48.7 Å². The van der Waals surface area contributed by atoms with Gasteiger partial charge in [0.2, 0.25) is 0 Å². The summed E-state index contributed by atoms with van der Waals surface area (Å²) in [7, 11) is -1.23. The molecule has 0 aliphatic heterocycles. The van der Waals surface area contributed by atoms with Crippen molar-refractivity contribution in [3.8, 4) is 16.9 Å². The van der Waals surface area contributed by atoms with Gasteiger partial charge in [-0.25, -0.2) is 0 Å². The first kappa shape index (κ1) is 21.0. The monoisotopic (exact) mass is 414 g/mol. The van der Waals surface area contributed by atoms with Gasteiger partial charge < -0.3 is 9.30 Å². The molecule has 0 saturated carbocycles. The largest absolute Gasteiger partial charge is 0.489 e. The molecular weight excluding hydrogens is 388 g/mol. The average molecular weight is 415 g/mol. The quantitative estimate of drug-likeness (QED) is 0.505. The fourth-order valence-corrected chi connectivity index (χ4v) is 3.59. The molecule has 3 rings (SSSR count). The van der Waals surface area contributed by atoms with Crippen LogP contribution in [-0.4, -0.2) is 19.4 Å². The van der Waals surface area contributed by atoms with E-state index in [1.165, 1.54) is 4.57 Å². The van der Waals surface area contributed by atoms with Crippen LogP contribution in [0, 0.1) is 6.92 Å². The number of rotatable bonds is 7. The summed E-state index contributed by atoms with van der Waals surface area (Å²) >= 11 is 0. The Morgan fingerprint density at radius 2 is 1.79 bits per heavy atom. The smallest absolute Gasteiger partial charge is 0.253 e. The van der Waals surface area contributed by atoms with Gasteiger partial charge in [0, 0.05) is 24.9 Å². The van der Waals surface area contributed by atoms with Crippen molar-refractivity contribution < 1.29 is 13.8 Å². The van der Waals surface area contributed by atoms with Crippen LogP contribution in [-0.2, 0) is 13.7 Å². The van der Waals surface area contributed by atoms with Gasteiger partial charge in [0.1, 0.15) is 12.4 Å². The lowest BCUT2D eigenvalue weighted by Gasteiger charge is -2.32. The van der Waals surface area contributed by atoms with Crippen LogP contribution in [0.15, 0.2) is 65.6 Å². The van der Waals surface area contributed by atoms with Crippen molar-refractivity contribution in [2.24, 2.45) is 7.05 Å². The maximum Gasteiger partial charge on any atom is 0.253 e. The maximum absolute atomic E-state index is 12.0. The number of hydrogen-bond acceptors (Lipinski definition) is 5. The van der Waals surface area contributed by atoms with Crippen molar-refractivity contribution in [1.82, 2.24) is 4.57 Å². The topological polar surface area (TPSA) is 83.7 Å². The van der Waals surface area contributed by atoms with E-state index in [4.69, 9.17) is 4.74 Å². The first-order chi connectivity index (χ1) is 13.8. The second-order valence-electron chi connectivity index (χ2n) is 6.91. The maximum atomic E-state index is 12.0. The summed E-state index contributed by atoms with van der Waals surface area (Å²) < 4.78 is 30.5. The lowest BCUT2D eigenvalue weighted by molar-refractivity contribution is 0.306. The molecular formula is C22H26N2O4S. The standard InChI is InChI=1S/C22H26N2O4S/c1-4-29(26,27)23-20-11-18(19-10-16(2)22(25)24(3)14-19)12-21(13-20)28-15-17-8-6-5-7-9-17/h5-14,23,26-27H,4,15H2,1-3H3. The molecule has 6 nitrogen and oxygen atoms in total. The second-order valence-corrected chi connectivity index (χ2v) is 9.02. The molecule has 0 unspecified atom stereocenters. The molecule has 0 atom stereocenters. The van der Waals surface area contributed by atoms with E-state index in [2.05, 4.69) is 4.72 Å². The minimum Gasteiger partial charge on any atom is -0.489 e. The van der Waals surface area contributed by atoms with E-state index in [-0.39, 0.29) is 11.3 Å². The molecule has 0 amide bonds. The third-order valence-electron chi connectivity index (χ3n) is 4.53. The summed E-state index contributed by atoms with van der Waals surface area (Å²) in [5, 5.41) is 0. The SMILES string of the molecule is CCS(O)(O)Nc1cc(OCc2ccccc2)cc(-c2cc(C)c(=O)n(C)c2)c1. The predicted molar refractivity (Wildman–Crippen MR) is 120 cm³/mol. The van der Waals surface area contributed by atoms with E-state index < -0.39 is 10.8 Å². The van der Waals surface area contributed by atoms with Crippen LogP contribution >= 0.6 is 10.8 Å². The minimum atomic E-state index is -2.94. The summed E-state index contributed by atoms with van der Waals surface area (Å²) in [6.07, 6.45) is 1.76. The van der Waals surface area contributed by atoms with Crippen LogP contribution < -0.4 is 15.0 Å². The lowest BCUT2D eigenvalue weighted by atomic mass is 10.0. The molecule has 3 aromatic rings. The molecule has 1 heterocycles.